The van der Waals surface area contributed by atoms with Crippen LogP contribution >= 0.6 is 23.2 Å². The Balaban J connectivity index is 1.92. The average Bonchev–Trinajstić information content (AvgIpc) is 2.95. The summed E-state index contributed by atoms with van der Waals surface area (Å²) in [5.41, 5.74) is 0.925. The zero-order valence-electron chi connectivity index (χ0n) is 13.2. The number of hydrogen-bond acceptors (Lipinski definition) is 1. The van der Waals surface area contributed by atoms with Crippen molar-refractivity contribution >= 4 is 34.7 Å². The second kappa shape index (κ2) is 7.23. The summed E-state index contributed by atoms with van der Waals surface area (Å²) < 4.78 is 0. The highest BCUT2D eigenvalue weighted by molar-refractivity contribution is 6.42. The Kier molecular flexibility index (Phi) is 5.30. The molecule has 2 nitrogen and oxygen atoms in total. The summed E-state index contributed by atoms with van der Waals surface area (Å²) in [7, 11) is 0. The molecule has 4 heteroatoms. The number of nitrogens with zero attached hydrogens (tertiary/aromatic N) is 2. The zero-order chi connectivity index (χ0) is 15.5. The summed E-state index contributed by atoms with van der Waals surface area (Å²) in [5.74, 6) is 2.60. The lowest BCUT2D eigenvalue weighted by Crippen LogP contribution is -2.40. The second-order valence-electron chi connectivity index (χ2n) is 6.63. The van der Waals surface area contributed by atoms with Crippen molar-refractivity contribution in [3.8, 4) is 0 Å². The molecular formula is C18H24Cl2N2. The summed E-state index contributed by atoms with van der Waals surface area (Å²) in [6.07, 6.45) is 7.80. The minimum atomic E-state index is 0.584. The highest BCUT2D eigenvalue weighted by atomic mass is 35.5. The number of benzene rings is 1. The van der Waals surface area contributed by atoms with Gasteiger partial charge in [-0.1, -0.05) is 36.5 Å². The summed E-state index contributed by atoms with van der Waals surface area (Å²) in [6, 6.07) is 5.69. The molecular weight excluding hydrogens is 315 g/mol. The number of aliphatic imine (C=N–C) groups is 1. The van der Waals surface area contributed by atoms with Gasteiger partial charge < -0.3 is 4.90 Å². The van der Waals surface area contributed by atoms with Crippen LogP contribution in [0.5, 0.6) is 0 Å². The normalized spacial score (nSPS) is 26.5. The fourth-order valence-corrected chi connectivity index (χ4v) is 4.02. The maximum absolute atomic E-state index is 6.16. The third kappa shape index (κ3) is 3.60. The molecule has 2 fully saturated rings. The molecule has 22 heavy (non-hydrogen) atoms. The molecule has 1 aliphatic heterocycles. The third-order valence-electron chi connectivity index (χ3n) is 5.02. The first kappa shape index (κ1) is 16.1. The fraction of sp³-hybridized carbons (Fsp3) is 0.611. The minimum absolute atomic E-state index is 0.584. The molecule has 0 N–H and O–H groups in total. The summed E-state index contributed by atoms with van der Waals surface area (Å²) in [5, 5.41) is 1.18. The lowest BCUT2D eigenvalue weighted by Gasteiger charge is -2.34. The Morgan fingerprint density at radius 2 is 1.82 bits per heavy atom. The second-order valence-corrected chi connectivity index (χ2v) is 7.45. The fourth-order valence-electron chi connectivity index (χ4n) is 3.73. The van der Waals surface area contributed by atoms with Gasteiger partial charge in [0.15, 0.2) is 0 Å². The Morgan fingerprint density at radius 1 is 1.05 bits per heavy atom. The van der Waals surface area contributed by atoms with E-state index >= 15 is 0 Å². The van der Waals surface area contributed by atoms with Crippen molar-refractivity contribution in [1.29, 1.82) is 0 Å². The van der Waals surface area contributed by atoms with Crippen LogP contribution in [0.1, 0.15) is 45.4 Å². The van der Waals surface area contributed by atoms with Crippen LogP contribution in [0.3, 0.4) is 0 Å². The number of halogens is 2. The largest absolute Gasteiger partial charge is 0.360 e. The lowest BCUT2D eigenvalue weighted by molar-refractivity contribution is 0.317. The van der Waals surface area contributed by atoms with Crippen LogP contribution in [0.4, 0.5) is 5.69 Å². The van der Waals surface area contributed by atoms with E-state index in [9.17, 15) is 0 Å². The van der Waals surface area contributed by atoms with Crippen LogP contribution in [0.25, 0.3) is 0 Å². The van der Waals surface area contributed by atoms with Crippen molar-refractivity contribution < 1.29 is 0 Å². The quantitative estimate of drug-likeness (QED) is 0.480. The van der Waals surface area contributed by atoms with E-state index in [0.717, 1.165) is 24.7 Å². The van der Waals surface area contributed by atoms with Gasteiger partial charge in [0.25, 0.3) is 0 Å². The van der Waals surface area contributed by atoms with E-state index in [0.29, 0.717) is 16.0 Å². The van der Waals surface area contributed by atoms with Gasteiger partial charge in [-0.3, -0.25) is 0 Å². The molecule has 2 unspecified atom stereocenters. The van der Waals surface area contributed by atoms with Gasteiger partial charge in [-0.2, -0.15) is 0 Å². The zero-order valence-corrected chi connectivity index (χ0v) is 14.7. The number of piperidine rings is 1. The van der Waals surface area contributed by atoms with Crippen LogP contribution in [0.15, 0.2) is 23.2 Å². The van der Waals surface area contributed by atoms with Gasteiger partial charge in [0.2, 0.25) is 0 Å². The van der Waals surface area contributed by atoms with Crippen LogP contribution in [0, 0.1) is 11.8 Å². The predicted octanol–water partition coefficient (Wildman–Crippen LogP) is 5.95. The molecule has 0 bridgehead atoms. The van der Waals surface area contributed by atoms with Gasteiger partial charge in [-0.05, 0) is 56.2 Å². The van der Waals surface area contributed by atoms with E-state index in [1.807, 2.05) is 18.2 Å². The molecule has 0 spiro atoms. The maximum atomic E-state index is 6.16. The molecule has 1 aromatic carbocycles. The van der Waals surface area contributed by atoms with Crippen LogP contribution in [0.2, 0.25) is 10.0 Å². The van der Waals surface area contributed by atoms with Gasteiger partial charge in [0, 0.05) is 19.0 Å². The molecule has 3 rings (SSSR count). The molecule has 2 atom stereocenters. The van der Waals surface area contributed by atoms with Crippen molar-refractivity contribution in [2.24, 2.45) is 16.8 Å². The van der Waals surface area contributed by atoms with E-state index in [1.165, 1.54) is 44.4 Å². The topological polar surface area (TPSA) is 15.6 Å². The molecule has 1 saturated heterocycles. The summed E-state index contributed by atoms with van der Waals surface area (Å²) in [6.45, 7) is 4.65. The summed E-state index contributed by atoms with van der Waals surface area (Å²) >= 11 is 12.2. The standard InChI is InChI=1S/C18H24Cl2N2/c1-13-6-5-7-15(13)18(22-10-3-2-4-11-22)21-14-8-9-16(19)17(20)12-14/h8-9,12-13,15H,2-7,10-11H2,1H3. The number of likely N-dealkylation sites (tertiary alicyclic amines) is 1. The molecule has 1 aromatic rings. The van der Waals surface area contributed by atoms with Gasteiger partial charge in [0.1, 0.15) is 5.84 Å². The molecule has 0 amide bonds. The van der Waals surface area contributed by atoms with Crippen molar-refractivity contribution in [2.45, 2.75) is 45.4 Å². The highest BCUT2D eigenvalue weighted by Crippen LogP contribution is 2.35. The maximum Gasteiger partial charge on any atom is 0.108 e. The molecule has 120 valence electrons. The number of hydrogen-bond donors (Lipinski definition) is 0. The van der Waals surface area contributed by atoms with Crippen molar-refractivity contribution in [2.75, 3.05) is 13.1 Å². The SMILES string of the molecule is CC1CCCC1C(=Nc1ccc(Cl)c(Cl)c1)N1CCCCC1. The van der Waals surface area contributed by atoms with Crippen molar-refractivity contribution in [3.05, 3.63) is 28.2 Å². The Hall–Kier alpha value is -0.730. The molecule has 1 saturated carbocycles. The van der Waals surface area contributed by atoms with E-state index in [2.05, 4.69) is 11.8 Å². The number of rotatable bonds is 2. The summed E-state index contributed by atoms with van der Waals surface area (Å²) in [4.78, 5) is 7.53. The van der Waals surface area contributed by atoms with Crippen molar-refractivity contribution in [1.82, 2.24) is 4.90 Å². The monoisotopic (exact) mass is 338 g/mol. The van der Waals surface area contributed by atoms with Gasteiger partial charge in [-0.25, -0.2) is 4.99 Å². The van der Waals surface area contributed by atoms with Crippen LogP contribution < -0.4 is 0 Å². The highest BCUT2D eigenvalue weighted by Gasteiger charge is 2.31. The first-order chi connectivity index (χ1) is 10.6. The Morgan fingerprint density at radius 3 is 2.45 bits per heavy atom. The van der Waals surface area contributed by atoms with Crippen LogP contribution in [-0.2, 0) is 0 Å². The van der Waals surface area contributed by atoms with E-state index in [4.69, 9.17) is 28.2 Å². The Labute approximate surface area is 143 Å². The van der Waals surface area contributed by atoms with Crippen molar-refractivity contribution in [3.63, 3.8) is 0 Å². The van der Waals surface area contributed by atoms with E-state index in [1.54, 1.807) is 0 Å². The molecule has 1 aliphatic carbocycles. The average molecular weight is 339 g/mol. The predicted molar refractivity (Wildman–Crippen MR) is 95.5 cm³/mol. The molecule has 0 aromatic heterocycles. The van der Waals surface area contributed by atoms with Crippen LogP contribution in [-0.4, -0.2) is 23.8 Å². The first-order valence-corrected chi connectivity index (χ1v) is 9.19. The smallest absolute Gasteiger partial charge is 0.108 e. The van der Waals surface area contributed by atoms with E-state index < -0.39 is 0 Å². The van der Waals surface area contributed by atoms with E-state index in [-0.39, 0.29) is 0 Å². The Bertz CT molecular complexity index is 550. The minimum Gasteiger partial charge on any atom is -0.360 e. The van der Waals surface area contributed by atoms with Gasteiger partial charge in [-0.15, -0.1) is 0 Å². The van der Waals surface area contributed by atoms with Gasteiger partial charge >= 0.3 is 0 Å². The third-order valence-corrected chi connectivity index (χ3v) is 5.76. The van der Waals surface area contributed by atoms with Gasteiger partial charge in [0.05, 0.1) is 15.7 Å². The lowest BCUT2D eigenvalue weighted by atomic mass is 9.94. The number of amidine groups is 1. The molecule has 0 radical (unpaired) electrons. The molecule has 2 aliphatic rings. The first-order valence-electron chi connectivity index (χ1n) is 8.44. The molecule has 1 heterocycles.